The molecule has 0 bridgehead atoms. The summed E-state index contributed by atoms with van der Waals surface area (Å²) in [5.41, 5.74) is 1.14. The molecule has 6 heteroatoms. The molecule has 0 aliphatic rings. The van der Waals surface area contributed by atoms with E-state index in [4.69, 9.17) is 9.15 Å². The van der Waals surface area contributed by atoms with E-state index in [1.807, 2.05) is 42.3 Å². The van der Waals surface area contributed by atoms with Crippen LogP contribution in [0.15, 0.2) is 34.7 Å². The van der Waals surface area contributed by atoms with Crippen LogP contribution < -0.4 is 0 Å². The number of methoxy groups -OCH3 is 1. The van der Waals surface area contributed by atoms with Crippen LogP contribution in [-0.2, 0) is 17.7 Å². The average molecular weight is 291 g/mol. The third kappa shape index (κ3) is 5.26. The van der Waals surface area contributed by atoms with E-state index in [0.717, 1.165) is 5.56 Å². The first-order valence-corrected chi connectivity index (χ1v) is 6.88. The zero-order valence-corrected chi connectivity index (χ0v) is 12.4. The Morgan fingerprint density at radius 3 is 2.67 bits per heavy atom. The summed E-state index contributed by atoms with van der Waals surface area (Å²) >= 11 is 0. The molecule has 0 saturated heterocycles. The summed E-state index contributed by atoms with van der Waals surface area (Å²) in [4.78, 5) is 1.92. The molecule has 2 aromatic rings. The first-order valence-electron chi connectivity index (χ1n) is 6.88. The van der Waals surface area contributed by atoms with Crippen LogP contribution in [0.4, 0.5) is 0 Å². The van der Waals surface area contributed by atoms with Crippen LogP contribution in [0.2, 0.25) is 0 Å². The Labute approximate surface area is 124 Å². The van der Waals surface area contributed by atoms with Crippen molar-refractivity contribution in [2.45, 2.75) is 19.1 Å². The maximum absolute atomic E-state index is 9.66. The van der Waals surface area contributed by atoms with Gasteiger partial charge in [0.25, 0.3) is 0 Å². The number of aliphatic hydroxyl groups excluding tert-OH is 1. The second kappa shape index (κ2) is 7.87. The monoisotopic (exact) mass is 291 g/mol. The van der Waals surface area contributed by atoms with E-state index in [9.17, 15) is 5.11 Å². The minimum absolute atomic E-state index is 0.313. The lowest BCUT2D eigenvalue weighted by Crippen LogP contribution is -2.31. The average Bonchev–Trinajstić information content (AvgIpc) is 2.87. The van der Waals surface area contributed by atoms with Crippen LogP contribution in [0.3, 0.4) is 0 Å². The van der Waals surface area contributed by atoms with Crippen LogP contribution in [0, 0.1) is 0 Å². The molecule has 1 N–H and O–H groups in total. The van der Waals surface area contributed by atoms with Crippen molar-refractivity contribution in [3.05, 3.63) is 47.7 Å². The molecular weight excluding hydrogens is 270 g/mol. The van der Waals surface area contributed by atoms with Gasteiger partial charge in [-0.25, -0.2) is 0 Å². The largest absolute Gasteiger partial charge is 0.424 e. The van der Waals surface area contributed by atoms with Crippen LogP contribution in [0.25, 0.3) is 0 Å². The molecule has 1 aromatic heterocycles. The molecule has 0 aliphatic carbocycles. The lowest BCUT2D eigenvalue weighted by molar-refractivity contribution is 0.0403. The highest BCUT2D eigenvalue weighted by atomic mass is 16.5. The lowest BCUT2D eigenvalue weighted by Gasteiger charge is -2.18. The predicted molar refractivity (Wildman–Crippen MR) is 77.8 cm³/mol. The van der Waals surface area contributed by atoms with E-state index in [1.165, 1.54) is 0 Å². The van der Waals surface area contributed by atoms with Gasteiger partial charge in [0.1, 0.15) is 0 Å². The van der Waals surface area contributed by atoms with Crippen molar-refractivity contribution >= 4 is 0 Å². The van der Waals surface area contributed by atoms with Crippen LogP contribution >= 0.6 is 0 Å². The van der Waals surface area contributed by atoms with Gasteiger partial charge in [-0.15, -0.1) is 10.2 Å². The molecule has 0 fully saturated rings. The fraction of sp³-hybridized carbons (Fsp3) is 0.467. The molecule has 1 aromatic carbocycles. The molecular formula is C15H21N3O3. The minimum Gasteiger partial charge on any atom is -0.424 e. The standard InChI is InChI=1S/C15H21N3O3/c1-18(9-13(19)11-20-2)10-15-17-16-14(21-15)8-12-6-4-3-5-7-12/h3-7,13,19H,8-11H2,1-2H3/t13-/m0/s1. The highest BCUT2D eigenvalue weighted by molar-refractivity contribution is 5.17. The maximum Gasteiger partial charge on any atom is 0.230 e. The summed E-state index contributed by atoms with van der Waals surface area (Å²) < 4.78 is 10.5. The summed E-state index contributed by atoms with van der Waals surface area (Å²) in [5, 5.41) is 17.7. The Kier molecular flexibility index (Phi) is 5.86. The summed E-state index contributed by atoms with van der Waals surface area (Å²) in [6, 6.07) is 9.99. The molecule has 0 amide bonds. The van der Waals surface area contributed by atoms with E-state index < -0.39 is 6.10 Å². The molecule has 1 atom stereocenters. The van der Waals surface area contributed by atoms with Gasteiger partial charge in [0.05, 0.1) is 25.7 Å². The normalized spacial score (nSPS) is 12.8. The second-order valence-corrected chi connectivity index (χ2v) is 5.06. The molecule has 6 nitrogen and oxygen atoms in total. The van der Waals surface area contributed by atoms with Gasteiger partial charge in [0.2, 0.25) is 11.8 Å². The molecule has 0 spiro atoms. The molecule has 1 heterocycles. The Morgan fingerprint density at radius 1 is 1.24 bits per heavy atom. The quantitative estimate of drug-likeness (QED) is 0.785. The van der Waals surface area contributed by atoms with Gasteiger partial charge in [-0.05, 0) is 12.6 Å². The molecule has 114 valence electrons. The van der Waals surface area contributed by atoms with E-state index in [0.29, 0.717) is 37.9 Å². The number of likely N-dealkylation sites (N-methyl/N-ethyl adjacent to an activating group) is 1. The van der Waals surface area contributed by atoms with Crippen LogP contribution in [-0.4, -0.2) is 53.6 Å². The number of nitrogens with zero attached hydrogens (tertiary/aromatic N) is 3. The SMILES string of the molecule is COC[C@@H](O)CN(C)Cc1nnc(Cc2ccccc2)o1. The van der Waals surface area contributed by atoms with Crippen LogP contribution in [0.1, 0.15) is 17.3 Å². The smallest absolute Gasteiger partial charge is 0.230 e. The fourth-order valence-corrected chi connectivity index (χ4v) is 2.09. The first kappa shape index (κ1) is 15.6. The zero-order valence-electron chi connectivity index (χ0n) is 12.4. The third-order valence-electron chi connectivity index (χ3n) is 2.99. The number of hydrogen-bond donors (Lipinski definition) is 1. The van der Waals surface area contributed by atoms with Crippen molar-refractivity contribution in [3.63, 3.8) is 0 Å². The number of aliphatic hydroxyl groups is 1. The minimum atomic E-state index is -0.522. The van der Waals surface area contributed by atoms with Crippen molar-refractivity contribution < 1.29 is 14.3 Å². The number of aromatic nitrogens is 2. The van der Waals surface area contributed by atoms with Crippen molar-refractivity contribution in [2.24, 2.45) is 0 Å². The number of benzene rings is 1. The van der Waals surface area contributed by atoms with Gasteiger partial charge < -0.3 is 14.3 Å². The molecule has 2 rings (SSSR count). The van der Waals surface area contributed by atoms with E-state index in [2.05, 4.69) is 10.2 Å². The molecule has 0 unspecified atom stereocenters. The van der Waals surface area contributed by atoms with E-state index >= 15 is 0 Å². The Morgan fingerprint density at radius 2 is 1.95 bits per heavy atom. The van der Waals surface area contributed by atoms with E-state index in [-0.39, 0.29) is 0 Å². The molecule has 21 heavy (non-hydrogen) atoms. The molecule has 0 saturated carbocycles. The van der Waals surface area contributed by atoms with Gasteiger partial charge in [-0.3, -0.25) is 4.90 Å². The highest BCUT2D eigenvalue weighted by Gasteiger charge is 2.12. The van der Waals surface area contributed by atoms with Crippen molar-refractivity contribution in [1.29, 1.82) is 0 Å². The van der Waals surface area contributed by atoms with Crippen molar-refractivity contribution in [1.82, 2.24) is 15.1 Å². The zero-order chi connectivity index (χ0) is 15.1. The summed E-state index contributed by atoms with van der Waals surface area (Å²) in [6.45, 7) is 1.31. The first-order chi connectivity index (χ1) is 10.2. The molecule has 0 aliphatic heterocycles. The van der Waals surface area contributed by atoms with E-state index in [1.54, 1.807) is 7.11 Å². The fourth-order valence-electron chi connectivity index (χ4n) is 2.09. The van der Waals surface area contributed by atoms with Gasteiger partial charge in [-0.1, -0.05) is 30.3 Å². The van der Waals surface area contributed by atoms with Gasteiger partial charge in [0.15, 0.2) is 0 Å². The van der Waals surface area contributed by atoms with Crippen LogP contribution in [0.5, 0.6) is 0 Å². The third-order valence-corrected chi connectivity index (χ3v) is 2.99. The number of rotatable bonds is 8. The summed E-state index contributed by atoms with van der Waals surface area (Å²) in [5.74, 6) is 1.15. The number of ether oxygens (including phenoxy) is 1. The Hall–Kier alpha value is -1.76. The van der Waals surface area contributed by atoms with Crippen molar-refractivity contribution in [2.75, 3.05) is 27.3 Å². The highest BCUT2D eigenvalue weighted by Crippen LogP contribution is 2.09. The van der Waals surface area contributed by atoms with Crippen molar-refractivity contribution in [3.8, 4) is 0 Å². The van der Waals surface area contributed by atoms with Gasteiger partial charge in [-0.2, -0.15) is 0 Å². The van der Waals surface area contributed by atoms with Gasteiger partial charge >= 0.3 is 0 Å². The number of hydrogen-bond acceptors (Lipinski definition) is 6. The maximum atomic E-state index is 9.66. The summed E-state index contributed by atoms with van der Waals surface area (Å²) in [7, 11) is 3.46. The topological polar surface area (TPSA) is 71.6 Å². The molecule has 0 radical (unpaired) electrons. The lowest BCUT2D eigenvalue weighted by atomic mass is 10.2. The summed E-state index contributed by atoms with van der Waals surface area (Å²) in [6.07, 6.45) is 0.107. The van der Waals surface area contributed by atoms with Gasteiger partial charge in [0, 0.05) is 13.7 Å². The Bertz CT molecular complexity index is 530. The predicted octanol–water partition coefficient (Wildman–Crippen LogP) is 1.10. The Balaban J connectivity index is 1.85. The second-order valence-electron chi connectivity index (χ2n) is 5.06.